The molecule has 1 amide bonds. The predicted molar refractivity (Wildman–Crippen MR) is 88.4 cm³/mol. The van der Waals surface area contributed by atoms with E-state index in [4.69, 9.17) is 10.5 Å². The van der Waals surface area contributed by atoms with E-state index < -0.39 is 17.3 Å². The fourth-order valence-electron chi connectivity index (χ4n) is 2.27. The first-order valence-corrected chi connectivity index (χ1v) is 8.08. The number of aliphatic hydroxyl groups is 1. The maximum absolute atomic E-state index is 14.2. The van der Waals surface area contributed by atoms with Crippen LogP contribution in [0.5, 0.6) is 5.75 Å². The Morgan fingerprint density at radius 3 is 2.92 bits per heavy atom. The highest BCUT2D eigenvalue weighted by molar-refractivity contribution is 7.14. The predicted octanol–water partition coefficient (Wildman–Crippen LogP) is 2.11. The normalized spacial score (nSPS) is 13.0. The second-order valence-corrected chi connectivity index (χ2v) is 6.97. The van der Waals surface area contributed by atoms with Gasteiger partial charge in [-0.3, -0.25) is 4.79 Å². The van der Waals surface area contributed by atoms with Crippen molar-refractivity contribution >= 4 is 17.2 Å². The molecule has 1 aromatic carbocycles. The van der Waals surface area contributed by atoms with Gasteiger partial charge in [-0.1, -0.05) is 11.8 Å². The summed E-state index contributed by atoms with van der Waals surface area (Å²) in [6.45, 7) is 3.39. The molecule has 5 nitrogen and oxygen atoms in total. The average molecular weight is 346 g/mol. The number of benzene rings is 1. The van der Waals surface area contributed by atoms with Gasteiger partial charge in [0.1, 0.15) is 17.2 Å². The Kier molecular flexibility index (Phi) is 4.03. The van der Waals surface area contributed by atoms with E-state index in [0.29, 0.717) is 30.0 Å². The largest absolute Gasteiger partial charge is 0.492 e. The van der Waals surface area contributed by atoms with Gasteiger partial charge in [0.05, 0.1) is 17.9 Å². The van der Waals surface area contributed by atoms with Gasteiger partial charge in [-0.25, -0.2) is 9.37 Å². The monoisotopic (exact) mass is 346 g/mol. The summed E-state index contributed by atoms with van der Waals surface area (Å²) in [6.07, 6.45) is 0.557. The minimum Gasteiger partial charge on any atom is -0.492 e. The second kappa shape index (κ2) is 5.89. The van der Waals surface area contributed by atoms with Crippen LogP contribution in [-0.2, 0) is 6.42 Å². The van der Waals surface area contributed by atoms with Crippen LogP contribution in [0, 0.1) is 17.7 Å². The number of halogens is 1. The summed E-state index contributed by atoms with van der Waals surface area (Å²) in [5.41, 5.74) is 5.32. The number of amides is 1. The lowest BCUT2D eigenvalue weighted by molar-refractivity contribution is 0.1000. The number of fused-ring (bicyclic) bond motifs is 3. The summed E-state index contributed by atoms with van der Waals surface area (Å²) in [6, 6.07) is 2.78. The maximum atomic E-state index is 14.2. The third kappa shape index (κ3) is 3.25. The van der Waals surface area contributed by atoms with Crippen LogP contribution in [-0.4, -0.2) is 28.2 Å². The molecule has 0 atom stereocenters. The molecule has 0 spiro atoms. The number of primary amides is 1. The van der Waals surface area contributed by atoms with Crippen molar-refractivity contribution in [3.63, 3.8) is 0 Å². The van der Waals surface area contributed by atoms with Gasteiger partial charge >= 0.3 is 0 Å². The quantitative estimate of drug-likeness (QED) is 0.775. The van der Waals surface area contributed by atoms with Gasteiger partial charge in [0.2, 0.25) is 0 Å². The Hall–Kier alpha value is -2.43. The number of hydrogen-bond acceptors (Lipinski definition) is 5. The molecule has 2 aromatic rings. The molecule has 0 unspecified atom stereocenters. The highest BCUT2D eigenvalue weighted by Crippen LogP contribution is 2.38. The van der Waals surface area contributed by atoms with Gasteiger partial charge in [-0.2, -0.15) is 0 Å². The van der Waals surface area contributed by atoms with Crippen LogP contribution >= 0.6 is 11.3 Å². The number of rotatable bonds is 1. The van der Waals surface area contributed by atoms with E-state index >= 15 is 0 Å². The van der Waals surface area contributed by atoms with Crippen molar-refractivity contribution in [2.24, 2.45) is 5.73 Å². The molecule has 0 saturated carbocycles. The molecule has 3 N–H and O–H groups in total. The minimum absolute atomic E-state index is 0.126. The van der Waals surface area contributed by atoms with Gasteiger partial charge in [-0.15, -0.1) is 11.3 Å². The number of ether oxygens (including phenoxy) is 1. The van der Waals surface area contributed by atoms with Gasteiger partial charge in [0.25, 0.3) is 5.91 Å². The lowest BCUT2D eigenvalue weighted by atomic mass is 10.0. The number of thiazole rings is 1. The molecule has 0 bridgehead atoms. The number of aromatic nitrogens is 1. The summed E-state index contributed by atoms with van der Waals surface area (Å²) in [7, 11) is 0. The summed E-state index contributed by atoms with van der Waals surface area (Å²) < 4.78 is 19.8. The van der Waals surface area contributed by atoms with Crippen LogP contribution in [0.1, 0.15) is 34.1 Å². The molecule has 3 rings (SSSR count). The average Bonchev–Trinajstić information content (AvgIpc) is 2.83. The van der Waals surface area contributed by atoms with Crippen LogP contribution < -0.4 is 10.5 Å². The topological polar surface area (TPSA) is 85.4 Å². The maximum Gasteiger partial charge on any atom is 0.277 e. The van der Waals surface area contributed by atoms with Gasteiger partial charge in [0, 0.05) is 22.9 Å². The van der Waals surface area contributed by atoms with E-state index in [-0.39, 0.29) is 10.6 Å². The van der Waals surface area contributed by atoms with Gasteiger partial charge < -0.3 is 15.6 Å². The first-order valence-electron chi connectivity index (χ1n) is 7.26. The zero-order chi connectivity index (χ0) is 17.5. The lowest BCUT2D eigenvalue weighted by Crippen LogP contribution is -2.14. The first-order chi connectivity index (χ1) is 11.2. The number of hydrogen-bond donors (Lipinski definition) is 2. The van der Waals surface area contributed by atoms with Crippen LogP contribution in [0.15, 0.2) is 12.1 Å². The Morgan fingerprint density at radius 1 is 1.50 bits per heavy atom. The van der Waals surface area contributed by atoms with Crippen molar-refractivity contribution in [2.45, 2.75) is 25.9 Å². The van der Waals surface area contributed by atoms with Crippen molar-refractivity contribution in [1.82, 2.24) is 4.98 Å². The van der Waals surface area contributed by atoms with E-state index in [2.05, 4.69) is 16.8 Å². The van der Waals surface area contributed by atoms with Crippen LogP contribution in [0.25, 0.3) is 11.3 Å². The standard InChI is InChI=1S/C17H15FN2O3S/c1-17(2,22)5-3-9-7-10-12(8-11(9)18)23-6-4-13-14(10)20-16(24-13)15(19)21/h7-8,22H,4,6H2,1-2H3,(H2,19,21). The third-order valence-corrected chi connectivity index (χ3v) is 4.45. The Labute approximate surface area is 142 Å². The van der Waals surface area contributed by atoms with E-state index in [9.17, 15) is 14.3 Å². The summed E-state index contributed by atoms with van der Waals surface area (Å²) in [4.78, 5) is 16.5. The van der Waals surface area contributed by atoms with Crippen molar-refractivity contribution in [3.05, 3.63) is 33.4 Å². The smallest absolute Gasteiger partial charge is 0.277 e. The minimum atomic E-state index is -1.24. The third-order valence-electron chi connectivity index (χ3n) is 3.32. The van der Waals surface area contributed by atoms with Gasteiger partial charge in [0.15, 0.2) is 5.01 Å². The lowest BCUT2D eigenvalue weighted by Gasteiger charge is -2.09. The SMILES string of the molecule is CC(C)(O)C#Cc1cc2c(cc1F)OCCc1sc(C(N)=O)nc1-2. The molecule has 1 aliphatic heterocycles. The summed E-state index contributed by atoms with van der Waals surface area (Å²) in [5.74, 6) is 4.43. The number of nitrogens with two attached hydrogens (primary N) is 1. The van der Waals surface area contributed by atoms with Crippen molar-refractivity contribution in [1.29, 1.82) is 0 Å². The summed E-state index contributed by atoms with van der Waals surface area (Å²) >= 11 is 1.21. The Bertz CT molecular complexity index is 888. The first kappa shape index (κ1) is 16.4. The van der Waals surface area contributed by atoms with Crippen molar-refractivity contribution in [3.8, 4) is 28.8 Å². The molecule has 0 fully saturated rings. The number of carbonyl (C=O) groups excluding carboxylic acids is 1. The fraction of sp³-hybridized carbons (Fsp3) is 0.294. The highest BCUT2D eigenvalue weighted by Gasteiger charge is 2.23. The number of nitrogens with zero attached hydrogens (tertiary/aromatic N) is 1. The molecule has 2 heterocycles. The fourth-order valence-corrected chi connectivity index (χ4v) is 3.17. The van der Waals surface area contributed by atoms with Crippen LogP contribution in [0.3, 0.4) is 0 Å². The molecule has 0 saturated heterocycles. The molecule has 124 valence electrons. The second-order valence-electron chi connectivity index (χ2n) is 5.89. The van der Waals surface area contributed by atoms with Crippen molar-refractivity contribution in [2.75, 3.05) is 6.61 Å². The molecule has 24 heavy (non-hydrogen) atoms. The van der Waals surface area contributed by atoms with Crippen LogP contribution in [0.4, 0.5) is 4.39 Å². The Balaban J connectivity index is 2.16. The molecule has 1 aromatic heterocycles. The molecular formula is C17H15FN2O3S. The number of carbonyl (C=O) groups is 1. The zero-order valence-corrected chi connectivity index (χ0v) is 14.0. The molecular weight excluding hydrogens is 331 g/mol. The van der Waals surface area contributed by atoms with E-state index in [1.807, 2.05) is 0 Å². The Morgan fingerprint density at radius 2 is 2.25 bits per heavy atom. The van der Waals surface area contributed by atoms with Gasteiger partial charge in [-0.05, 0) is 19.9 Å². The van der Waals surface area contributed by atoms with E-state index in [1.165, 1.54) is 37.3 Å². The van der Waals surface area contributed by atoms with Crippen molar-refractivity contribution < 1.29 is 19.0 Å². The molecule has 0 radical (unpaired) electrons. The van der Waals surface area contributed by atoms with E-state index in [0.717, 1.165) is 4.88 Å². The van der Waals surface area contributed by atoms with E-state index in [1.54, 1.807) is 0 Å². The summed E-state index contributed by atoms with van der Waals surface area (Å²) in [5, 5.41) is 9.90. The highest BCUT2D eigenvalue weighted by atomic mass is 32.1. The zero-order valence-electron chi connectivity index (χ0n) is 13.1. The molecule has 0 aliphatic carbocycles. The molecule has 1 aliphatic rings. The van der Waals surface area contributed by atoms with Crippen LogP contribution in [0.2, 0.25) is 0 Å². The molecule has 7 heteroatoms.